The summed E-state index contributed by atoms with van der Waals surface area (Å²) in [6.07, 6.45) is 1.94. The fourth-order valence-electron chi connectivity index (χ4n) is 3.46. The van der Waals surface area contributed by atoms with Gasteiger partial charge in [0.2, 0.25) is 0 Å². The Morgan fingerprint density at radius 2 is 1.48 bits per heavy atom. The first-order chi connectivity index (χ1) is 10.2. The van der Waals surface area contributed by atoms with E-state index in [4.69, 9.17) is 0 Å². The van der Waals surface area contributed by atoms with Crippen LogP contribution in [-0.4, -0.2) is 4.98 Å². The summed E-state index contributed by atoms with van der Waals surface area (Å²) in [5, 5.41) is 0. The van der Waals surface area contributed by atoms with E-state index in [9.17, 15) is 0 Å². The van der Waals surface area contributed by atoms with E-state index in [2.05, 4.69) is 73.4 Å². The Labute approximate surface area is 125 Å². The van der Waals surface area contributed by atoms with Gasteiger partial charge in [0, 0.05) is 22.7 Å². The highest BCUT2D eigenvalue weighted by Gasteiger charge is 2.36. The molecule has 0 amide bonds. The first-order valence-electron chi connectivity index (χ1n) is 7.34. The first kappa shape index (κ1) is 12.3. The van der Waals surface area contributed by atoms with Crippen molar-refractivity contribution in [2.75, 3.05) is 0 Å². The van der Waals surface area contributed by atoms with Gasteiger partial charge in [-0.3, -0.25) is 4.98 Å². The maximum Gasteiger partial charge on any atom is 0.0783 e. The zero-order chi connectivity index (χ0) is 14.4. The van der Waals surface area contributed by atoms with Crippen molar-refractivity contribution in [1.29, 1.82) is 0 Å². The molecule has 1 nitrogen and oxygen atoms in total. The lowest BCUT2D eigenvalue weighted by molar-refractivity contribution is 0.660. The van der Waals surface area contributed by atoms with Crippen LogP contribution >= 0.6 is 0 Å². The van der Waals surface area contributed by atoms with Crippen molar-refractivity contribution >= 4 is 0 Å². The van der Waals surface area contributed by atoms with E-state index >= 15 is 0 Å². The highest BCUT2D eigenvalue weighted by Crippen LogP contribution is 2.51. The fraction of sp³-hybridized carbons (Fsp3) is 0.150. The molecule has 3 aromatic rings. The molecule has 4 rings (SSSR count). The maximum atomic E-state index is 4.69. The molecule has 1 heteroatoms. The van der Waals surface area contributed by atoms with Crippen LogP contribution in [0.5, 0.6) is 0 Å². The SMILES string of the molecule is CC1(C)c2ccccc2-c2c1ccnc2-c1ccccc1. The third kappa shape index (κ3) is 1.67. The van der Waals surface area contributed by atoms with Crippen LogP contribution in [0.1, 0.15) is 25.0 Å². The molecule has 0 saturated heterocycles. The molecule has 2 aromatic carbocycles. The average molecular weight is 271 g/mol. The Hall–Kier alpha value is -2.41. The van der Waals surface area contributed by atoms with Gasteiger partial charge in [-0.05, 0) is 22.8 Å². The average Bonchev–Trinajstić information content (AvgIpc) is 2.77. The summed E-state index contributed by atoms with van der Waals surface area (Å²) in [6, 6.07) is 21.3. The molecule has 0 radical (unpaired) electrons. The highest BCUT2D eigenvalue weighted by atomic mass is 14.7. The van der Waals surface area contributed by atoms with Crippen molar-refractivity contribution in [1.82, 2.24) is 4.98 Å². The topological polar surface area (TPSA) is 12.9 Å². The number of nitrogens with zero attached hydrogens (tertiary/aromatic N) is 1. The van der Waals surface area contributed by atoms with Crippen molar-refractivity contribution < 1.29 is 0 Å². The summed E-state index contributed by atoms with van der Waals surface area (Å²) in [5.41, 5.74) is 7.70. The second-order valence-corrected chi connectivity index (χ2v) is 6.12. The summed E-state index contributed by atoms with van der Waals surface area (Å²) in [7, 11) is 0. The molecular formula is C20H17N. The van der Waals surface area contributed by atoms with Gasteiger partial charge in [-0.1, -0.05) is 68.4 Å². The molecule has 0 unspecified atom stereocenters. The van der Waals surface area contributed by atoms with E-state index in [1.807, 2.05) is 12.3 Å². The summed E-state index contributed by atoms with van der Waals surface area (Å²) < 4.78 is 0. The molecule has 0 fully saturated rings. The number of rotatable bonds is 1. The third-order valence-electron chi connectivity index (χ3n) is 4.54. The summed E-state index contributed by atoms with van der Waals surface area (Å²) in [5.74, 6) is 0. The molecule has 0 bridgehead atoms. The smallest absolute Gasteiger partial charge is 0.0783 e. The molecule has 0 atom stereocenters. The van der Waals surface area contributed by atoms with Gasteiger partial charge in [-0.15, -0.1) is 0 Å². The standard InChI is InChI=1S/C20H17N/c1-20(2)16-11-7-6-10-15(16)18-17(20)12-13-21-19(18)14-8-4-3-5-9-14/h3-13H,1-2H3. The lowest BCUT2D eigenvalue weighted by Gasteiger charge is -2.21. The predicted molar refractivity (Wildman–Crippen MR) is 87.2 cm³/mol. The van der Waals surface area contributed by atoms with E-state index in [-0.39, 0.29) is 5.41 Å². The molecule has 0 saturated carbocycles. The Balaban J connectivity index is 2.08. The molecule has 0 spiro atoms. The van der Waals surface area contributed by atoms with Crippen molar-refractivity contribution in [3.63, 3.8) is 0 Å². The van der Waals surface area contributed by atoms with Gasteiger partial charge in [-0.25, -0.2) is 0 Å². The molecule has 0 aliphatic heterocycles. The quantitative estimate of drug-likeness (QED) is 0.603. The first-order valence-corrected chi connectivity index (χ1v) is 7.34. The lowest BCUT2D eigenvalue weighted by atomic mass is 9.82. The van der Waals surface area contributed by atoms with Crippen molar-refractivity contribution in [2.45, 2.75) is 19.3 Å². The minimum absolute atomic E-state index is 0.0401. The third-order valence-corrected chi connectivity index (χ3v) is 4.54. The monoisotopic (exact) mass is 271 g/mol. The number of hydrogen-bond donors (Lipinski definition) is 0. The van der Waals surface area contributed by atoms with Gasteiger partial charge in [0.05, 0.1) is 5.69 Å². The molecule has 1 aliphatic carbocycles. The zero-order valence-electron chi connectivity index (χ0n) is 12.3. The van der Waals surface area contributed by atoms with Crippen LogP contribution in [0.3, 0.4) is 0 Å². The van der Waals surface area contributed by atoms with E-state index in [0.29, 0.717) is 0 Å². The van der Waals surface area contributed by atoms with Crippen LogP contribution in [-0.2, 0) is 5.41 Å². The summed E-state index contributed by atoms with van der Waals surface area (Å²) in [6.45, 7) is 4.60. The van der Waals surface area contributed by atoms with Crippen LogP contribution < -0.4 is 0 Å². The normalized spacial score (nSPS) is 14.6. The van der Waals surface area contributed by atoms with Gasteiger partial charge in [-0.2, -0.15) is 0 Å². The van der Waals surface area contributed by atoms with Gasteiger partial charge in [0.25, 0.3) is 0 Å². The van der Waals surface area contributed by atoms with Gasteiger partial charge in [0.15, 0.2) is 0 Å². The molecular weight excluding hydrogens is 254 g/mol. The lowest BCUT2D eigenvalue weighted by Crippen LogP contribution is -2.14. The molecule has 1 aromatic heterocycles. The predicted octanol–water partition coefficient (Wildman–Crippen LogP) is 5.05. The molecule has 21 heavy (non-hydrogen) atoms. The van der Waals surface area contributed by atoms with E-state index in [1.165, 1.54) is 27.8 Å². The van der Waals surface area contributed by atoms with E-state index in [1.54, 1.807) is 0 Å². The molecule has 102 valence electrons. The molecule has 1 aliphatic rings. The van der Waals surface area contributed by atoms with Crippen LogP contribution in [0.25, 0.3) is 22.4 Å². The fourth-order valence-corrected chi connectivity index (χ4v) is 3.46. The number of benzene rings is 2. The van der Waals surface area contributed by atoms with Crippen LogP contribution in [0.4, 0.5) is 0 Å². The van der Waals surface area contributed by atoms with E-state index < -0.39 is 0 Å². The Bertz CT molecular complexity index is 816. The minimum atomic E-state index is 0.0401. The largest absolute Gasteiger partial charge is 0.256 e. The number of aromatic nitrogens is 1. The van der Waals surface area contributed by atoms with Crippen molar-refractivity contribution in [3.05, 3.63) is 78.0 Å². The Kier molecular flexibility index (Phi) is 2.52. The minimum Gasteiger partial charge on any atom is -0.256 e. The van der Waals surface area contributed by atoms with Gasteiger partial charge >= 0.3 is 0 Å². The Morgan fingerprint density at radius 1 is 0.762 bits per heavy atom. The van der Waals surface area contributed by atoms with E-state index in [0.717, 1.165) is 5.69 Å². The van der Waals surface area contributed by atoms with Crippen LogP contribution in [0.2, 0.25) is 0 Å². The zero-order valence-corrected chi connectivity index (χ0v) is 12.3. The number of fused-ring (bicyclic) bond motifs is 3. The van der Waals surface area contributed by atoms with Crippen molar-refractivity contribution in [2.24, 2.45) is 0 Å². The highest BCUT2D eigenvalue weighted by molar-refractivity contribution is 5.90. The molecule has 1 heterocycles. The summed E-state index contributed by atoms with van der Waals surface area (Å²) >= 11 is 0. The number of pyridine rings is 1. The maximum absolute atomic E-state index is 4.69. The van der Waals surface area contributed by atoms with Crippen LogP contribution in [0.15, 0.2) is 66.9 Å². The molecule has 0 N–H and O–H groups in total. The van der Waals surface area contributed by atoms with Gasteiger partial charge in [0.1, 0.15) is 0 Å². The van der Waals surface area contributed by atoms with Crippen molar-refractivity contribution in [3.8, 4) is 22.4 Å². The number of hydrogen-bond acceptors (Lipinski definition) is 1. The van der Waals surface area contributed by atoms with Gasteiger partial charge < -0.3 is 0 Å². The van der Waals surface area contributed by atoms with Crippen LogP contribution in [0, 0.1) is 0 Å². The second kappa shape index (κ2) is 4.29. The summed E-state index contributed by atoms with van der Waals surface area (Å²) in [4.78, 5) is 4.69. The Morgan fingerprint density at radius 3 is 2.29 bits per heavy atom. The second-order valence-electron chi connectivity index (χ2n) is 6.12.